The Balaban J connectivity index is 1.50. The summed E-state index contributed by atoms with van der Waals surface area (Å²) in [6.45, 7) is 0. The Labute approximate surface area is 184 Å². The van der Waals surface area contributed by atoms with Crippen molar-refractivity contribution in [3.63, 3.8) is 0 Å². The maximum Gasteiger partial charge on any atom is 0.251 e. The molecule has 3 amide bonds. The van der Waals surface area contributed by atoms with Crippen LogP contribution in [0.4, 0.5) is 11.4 Å². The van der Waals surface area contributed by atoms with E-state index in [4.69, 9.17) is 0 Å². The van der Waals surface area contributed by atoms with Gasteiger partial charge in [0.25, 0.3) is 5.91 Å². The number of hydrogen-bond donors (Lipinski definition) is 3. The Morgan fingerprint density at radius 2 is 1.06 bits per heavy atom. The average molecular weight is 426 g/mol. The molecule has 3 saturated carbocycles. The predicted molar refractivity (Wildman–Crippen MR) is 122 cm³/mol. The van der Waals surface area contributed by atoms with Crippen molar-refractivity contribution in [2.24, 2.45) is 11.8 Å². The van der Waals surface area contributed by atoms with Crippen LogP contribution in [-0.4, -0.2) is 23.8 Å². The average Bonchev–Trinajstić information content (AvgIpc) is 3.48. The smallest absolute Gasteiger partial charge is 0.251 e. The predicted octanol–water partition coefficient (Wildman–Crippen LogP) is 5.01. The van der Waals surface area contributed by atoms with Crippen molar-refractivity contribution in [3.8, 4) is 0 Å². The monoisotopic (exact) mass is 425 g/mol. The molecule has 3 aliphatic rings. The number of anilines is 2. The van der Waals surface area contributed by atoms with Gasteiger partial charge >= 0.3 is 0 Å². The third kappa shape index (κ3) is 5.86. The maximum atomic E-state index is 13.0. The van der Waals surface area contributed by atoms with Crippen LogP contribution in [0.5, 0.6) is 0 Å². The molecule has 0 atom stereocenters. The molecule has 0 aromatic heterocycles. The first-order valence-electron chi connectivity index (χ1n) is 12.2. The fourth-order valence-electron chi connectivity index (χ4n) is 5.28. The molecule has 0 radical (unpaired) electrons. The Morgan fingerprint density at radius 3 is 1.55 bits per heavy atom. The number of hydrogen-bond acceptors (Lipinski definition) is 3. The Bertz CT molecular complexity index is 756. The van der Waals surface area contributed by atoms with Gasteiger partial charge in [0.05, 0.1) is 0 Å². The normalized spacial score (nSPS) is 20.5. The Kier molecular flexibility index (Phi) is 7.25. The molecule has 31 heavy (non-hydrogen) atoms. The van der Waals surface area contributed by atoms with Gasteiger partial charge in [-0.2, -0.15) is 0 Å². The van der Waals surface area contributed by atoms with Gasteiger partial charge in [0, 0.05) is 34.8 Å². The van der Waals surface area contributed by atoms with Crippen LogP contribution in [-0.2, 0) is 9.59 Å². The van der Waals surface area contributed by atoms with Crippen LogP contribution < -0.4 is 16.0 Å². The Morgan fingerprint density at radius 1 is 0.613 bits per heavy atom. The van der Waals surface area contributed by atoms with Crippen molar-refractivity contribution in [1.82, 2.24) is 5.32 Å². The molecule has 0 saturated heterocycles. The van der Waals surface area contributed by atoms with Crippen molar-refractivity contribution in [3.05, 3.63) is 23.8 Å². The van der Waals surface area contributed by atoms with Crippen molar-refractivity contribution in [1.29, 1.82) is 0 Å². The molecule has 6 heteroatoms. The molecule has 168 valence electrons. The summed E-state index contributed by atoms with van der Waals surface area (Å²) < 4.78 is 0. The van der Waals surface area contributed by atoms with Crippen LogP contribution in [0.25, 0.3) is 0 Å². The van der Waals surface area contributed by atoms with Gasteiger partial charge in [-0.05, 0) is 56.7 Å². The van der Waals surface area contributed by atoms with Gasteiger partial charge in [0.2, 0.25) is 11.8 Å². The summed E-state index contributed by atoms with van der Waals surface area (Å²) >= 11 is 0. The largest absolute Gasteiger partial charge is 0.349 e. The van der Waals surface area contributed by atoms with Crippen LogP contribution in [0.15, 0.2) is 18.2 Å². The number of rotatable bonds is 6. The van der Waals surface area contributed by atoms with E-state index in [1.54, 1.807) is 18.2 Å². The van der Waals surface area contributed by atoms with Crippen LogP contribution in [0, 0.1) is 11.8 Å². The van der Waals surface area contributed by atoms with Gasteiger partial charge in [-0.25, -0.2) is 0 Å². The lowest BCUT2D eigenvalue weighted by molar-refractivity contribution is -0.120. The summed E-state index contributed by atoms with van der Waals surface area (Å²) in [6, 6.07) is 5.44. The third-order valence-corrected chi connectivity index (χ3v) is 7.12. The van der Waals surface area contributed by atoms with E-state index < -0.39 is 0 Å². The lowest BCUT2D eigenvalue weighted by Gasteiger charge is -2.23. The van der Waals surface area contributed by atoms with Crippen molar-refractivity contribution >= 4 is 29.1 Å². The number of amides is 3. The summed E-state index contributed by atoms with van der Waals surface area (Å²) in [5, 5.41) is 9.13. The molecule has 0 aliphatic heterocycles. The van der Waals surface area contributed by atoms with Gasteiger partial charge < -0.3 is 16.0 Å². The number of benzene rings is 1. The molecule has 1 aromatic rings. The maximum absolute atomic E-state index is 13.0. The van der Waals surface area contributed by atoms with E-state index in [0.29, 0.717) is 16.9 Å². The minimum atomic E-state index is -0.139. The highest BCUT2D eigenvalue weighted by molar-refractivity contribution is 6.01. The second kappa shape index (κ2) is 10.3. The van der Waals surface area contributed by atoms with E-state index in [-0.39, 0.29) is 35.6 Å². The van der Waals surface area contributed by atoms with Gasteiger partial charge in [0.15, 0.2) is 0 Å². The molecule has 1 aromatic carbocycles. The quantitative estimate of drug-likeness (QED) is 0.599. The van der Waals surface area contributed by atoms with E-state index in [1.165, 1.54) is 6.42 Å². The summed E-state index contributed by atoms with van der Waals surface area (Å²) in [5.74, 6) is -0.0430. The van der Waals surface area contributed by atoms with Crippen LogP contribution in [0.3, 0.4) is 0 Å². The third-order valence-electron chi connectivity index (χ3n) is 7.12. The Hall–Kier alpha value is -2.37. The molecule has 3 aliphatic carbocycles. The molecule has 6 nitrogen and oxygen atoms in total. The zero-order valence-electron chi connectivity index (χ0n) is 18.4. The molecular weight excluding hydrogens is 390 g/mol. The summed E-state index contributed by atoms with van der Waals surface area (Å²) in [4.78, 5) is 38.3. The second-order valence-corrected chi connectivity index (χ2v) is 9.55. The summed E-state index contributed by atoms with van der Waals surface area (Å²) in [6.07, 6.45) is 13.5. The SMILES string of the molecule is O=C(NC1CCCCC1)c1cc(NC(=O)C2CCCC2)cc(NC(=O)C2CCCC2)c1. The van der Waals surface area contributed by atoms with Gasteiger partial charge in [-0.3, -0.25) is 14.4 Å². The molecule has 0 bridgehead atoms. The highest BCUT2D eigenvalue weighted by Gasteiger charge is 2.25. The highest BCUT2D eigenvalue weighted by atomic mass is 16.2. The van der Waals surface area contributed by atoms with E-state index in [1.807, 2.05) is 0 Å². The molecular formula is C25H35N3O3. The summed E-state index contributed by atoms with van der Waals surface area (Å²) in [5.41, 5.74) is 1.64. The molecule has 0 spiro atoms. The van der Waals surface area contributed by atoms with Gasteiger partial charge in [0.1, 0.15) is 0 Å². The molecule has 0 heterocycles. The van der Waals surface area contributed by atoms with E-state index in [9.17, 15) is 14.4 Å². The molecule has 0 unspecified atom stereocenters. The number of carbonyl (C=O) groups is 3. The van der Waals surface area contributed by atoms with E-state index >= 15 is 0 Å². The van der Waals surface area contributed by atoms with Crippen molar-refractivity contribution < 1.29 is 14.4 Å². The molecule has 4 rings (SSSR count). The first kappa shape index (κ1) is 21.8. The number of carbonyl (C=O) groups excluding carboxylic acids is 3. The lowest BCUT2D eigenvalue weighted by Crippen LogP contribution is -2.36. The number of nitrogens with one attached hydrogen (secondary N) is 3. The van der Waals surface area contributed by atoms with Crippen molar-refractivity contribution in [2.75, 3.05) is 10.6 Å². The minimum absolute atomic E-state index is 0.00964. The lowest BCUT2D eigenvalue weighted by atomic mass is 9.95. The first-order valence-corrected chi connectivity index (χ1v) is 12.2. The van der Waals surface area contributed by atoms with Gasteiger partial charge in [-0.15, -0.1) is 0 Å². The fraction of sp³-hybridized carbons (Fsp3) is 0.640. The first-order chi connectivity index (χ1) is 15.1. The zero-order chi connectivity index (χ0) is 21.6. The molecule has 3 N–H and O–H groups in total. The standard InChI is InChI=1S/C25H35N3O3/c29-23(17-8-4-5-9-17)27-21-14-19(25(31)26-20-12-2-1-3-13-20)15-22(16-21)28-24(30)18-10-6-7-11-18/h14-18,20H,1-13H2,(H,26,31)(H,27,29)(H,28,30). The highest BCUT2D eigenvalue weighted by Crippen LogP contribution is 2.29. The second-order valence-electron chi connectivity index (χ2n) is 9.55. The molecule has 3 fully saturated rings. The zero-order valence-corrected chi connectivity index (χ0v) is 18.4. The van der Waals surface area contributed by atoms with Gasteiger partial charge in [-0.1, -0.05) is 44.9 Å². The van der Waals surface area contributed by atoms with E-state index in [0.717, 1.165) is 77.0 Å². The summed E-state index contributed by atoms with van der Waals surface area (Å²) in [7, 11) is 0. The topological polar surface area (TPSA) is 87.3 Å². The van der Waals surface area contributed by atoms with Crippen LogP contribution in [0.1, 0.15) is 93.8 Å². The van der Waals surface area contributed by atoms with Crippen molar-refractivity contribution in [2.45, 2.75) is 89.5 Å². The van der Waals surface area contributed by atoms with E-state index in [2.05, 4.69) is 16.0 Å². The van der Waals surface area contributed by atoms with Crippen LogP contribution >= 0.6 is 0 Å². The fourth-order valence-corrected chi connectivity index (χ4v) is 5.28. The minimum Gasteiger partial charge on any atom is -0.349 e. The van der Waals surface area contributed by atoms with Crippen LogP contribution in [0.2, 0.25) is 0 Å².